The van der Waals surface area contributed by atoms with E-state index in [1.807, 2.05) is 6.08 Å². The topological polar surface area (TPSA) is 88.9 Å². The Balaban J connectivity index is 1.68. The van der Waals surface area contributed by atoms with Crippen LogP contribution in [0.5, 0.6) is 0 Å². The van der Waals surface area contributed by atoms with Crippen LogP contribution in [0.2, 0.25) is 5.02 Å². The van der Waals surface area contributed by atoms with Crippen LogP contribution in [-0.4, -0.2) is 26.6 Å². The minimum absolute atomic E-state index is 0.0649. The smallest absolute Gasteiger partial charge is 0.262 e. The molecule has 0 spiro atoms. The summed E-state index contributed by atoms with van der Waals surface area (Å²) in [4.78, 5) is 29.3. The van der Waals surface area contributed by atoms with Crippen LogP contribution in [0.15, 0.2) is 37.2 Å². The van der Waals surface area contributed by atoms with Gasteiger partial charge in [0.25, 0.3) is 5.91 Å². The Bertz CT molecular complexity index is 838. The van der Waals surface area contributed by atoms with Crippen molar-refractivity contribution in [2.45, 2.75) is 25.7 Å². The van der Waals surface area contributed by atoms with E-state index in [-0.39, 0.29) is 17.4 Å². The molecule has 0 saturated heterocycles. The molecule has 1 aliphatic rings. The van der Waals surface area contributed by atoms with Gasteiger partial charge in [-0.3, -0.25) is 14.3 Å². The largest absolute Gasteiger partial charge is 0.310 e. The van der Waals surface area contributed by atoms with Crippen LogP contribution < -0.4 is 10.6 Å². The maximum Gasteiger partial charge on any atom is 0.262 e. The van der Waals surface area contributed by atoms with Crippen molar-refractivity contribution in [1.29, 1.82) is 0 Å². The number of hydrogen-bond donors (Lipinski definition) is 2. The van der Waals surface area contributed by atoms with E-state index >= 15 is 0 Å². The first-order valence-electron chi connectivity index (χ1n) is 8.86. The van der Waals surface area contributed by atoms with E-state index < -0.39 is 5.91 Å². The monoisotopic (exact) mass is 387 g/mol. The van der Waals surface area contributed by atoms with Crippen LogP contribution in [0.25, 0.3) is 0 Å². The lowest BCUT2D eigenvalue weighted by atomic mass is 9.81. The lowest BCUT2D eigenvalue weighted by Gasteiger charge is -2.25. The average Bonchev–Trinajstić information content (AvgIpc) is 3.04. The molecular weight excluding hydrogens is 366 g/mol. The van der Waals surface area contributed by atoms with Crippen molar-refractivity contribution in [3.63, 3.8) is 0 Å². The number of aromatic nitrogens is 3. The molecule has 7 nitrogen and oxygen atoms in total. The fourth-order valence-electron chi connectivity index (χ4n) is 3.22. The number of allylic oxidation sites excluding steroid dienone is 1. The molecule has 27 heavy (non-hydrogen) atoms. The summed E-state index contributed by atoms with van der Waals surface area (Å²) < 4.78 is 1.48. The molecule has 2 heterocycles. The Morgan fingerprint density at radius 1 is 1.22 bits per heavy atom. The van der Waals surface area contributed by atoms with E-state index in [1.54, 1.807) is 19.2 Å². The Morgan fingerprint density at radius 3 is 2.59 bits per heavy atom. The highest BCUT2D eigenvalue weighted by atomic mass is 35.5. The van der Waals surface area contributed by atoms with Crippen molar-refractivity contribution < 1.29 is 9.59 Å². The zero-order valence-corrected chi connectivity index (χ0v) is 15.9. The highest BCUT2D eigenvalue weighted by Crippen LogP contribution is 2.30. The number of amides is 2. The van der Waals surface area contributed by atoms with Crippen molar-refractivity contribution in [3.05, 3.63) is 47.8 Å². The Labute approximate surface area is 162 Å². The molecule has 0 unspecified atom stereocenters. The number of nitrogens with one attached hydrogen (secondary N) is 2. The molecule has 0 atom stereocenters. The van der Waals surface area contributed by atoms with Crippen LogP contribution in [-0.2, 0) is 11.8 Å². The summed E-state index contributed by atoms with van der Waals surface area (Å²) in [7, 11) is 1.68. The fraction of sp³-hybridized carbons (Fsp3) is 0.368. The zero-order valence-electron chi connectivity index (χ0n) is 15.1. The molecule has 2 amide bonds. The fourth-order valence-corrected chi connectivity index (χ4v) is 3.33. The maximum atomic E-state index is 12.6. The van der Waals surface area contributed by atoms with Crippen LogP contribution in [0.1, 0.15) is 36.0 Å². The van der Waals surface area contributed by atoms with Crippen LogP contribution in [0.4, 0.5) is 11.6 Å². The summed E-state index contributed by atoms with van der Waals surface area (Å²) in [5.41, 5.74) is 0.280. The van der Waals surface area contributed by atoms with Crippen LogP contribution in [0.3, 0.4) is 0 Å². The average molecular weight is 388 g/mol. The van der Waals surface area contributed by atoms with Gasteiger partial charge >= 0.3 is 0 Å². The van der Waals surface area contributed by atoms with Gasteiger partial charge in [0.2, 0.25) is 5.91 Å². The van der Waals surface area contributed by atoms with E-state index in [9.17, 15) is 9.59 Å². The first kappa shape index (κ1) is 19.1. The second-order valence-electron chi connectivity index (χ2n) is 6.68. The quantitative estimate of drug-likeness (QED) is 0.766. The molecule has 0 aromatic carbocycles. The minimum Gasteiger partial charge on any atom is -0.310 e. The number of hydrogen-bond acceptors (Lipinski definition) is 4. The van der Waals surface area contributed by atoms with Gasteiger partial charge in [0.1, 0.15) is 17.2 Å². The molecule has 142 valence electrons. The summed E-state index contributed by atoms with van der Waals surface area (Å²) in [6.45, 7) is 3.83. The number of aryl methyl sites for hydroxylation is 1. The lowest BCUT2D eigenvalue weighted by Crippen LogP contribution is -2.28. The standard InChI is InChI=1S/C19H22ClN5O2/c1-3-12-4-6-13(7-5-12)18(26)24-17-15(11-22-25(17)2)19(27)23-16-9-8-14(20)10-21-16/h3,8-13H,1,4-7H2,2H3,(H,24,26)(H,21,23,27). The predicted octanol–water partition coefficient (Wildman–Crippen LogP) is 3.65. The summed E-state index contributed by atoms with van der Waals surface area (Å²) >= 11 is 5.80. The van der Waals surface area contributed by atoms with Gasteiger partial charge in [0, 0.05) is 19.2 Å². The molecule has 1 saturated carbocycles. The van der Waals surface area contributed by atoms with E-state index in [4.69, 9.17) is 11.6 Å². The molecule has 8 heteroatoms. The number of carbonyl (C=O) groups is 2. The second-order valence-corrected chi connectivity index (χ2v) is 7.12. The van der Waals surface area contributed by atoms with Gasteiger partial charge in [-0.05, 0) is 43.7 Å². The normalized spacial score (nSPS) is 19.3. The molecule has 1 aliphatic carbocycles. The number of rotatable bonds is 5. The van der Waals surface area contributed by atoms with Crippen LogP contribution in [0, 0.1) is 11.8 Å². The van der Waals surface area contributed by atoms with Gasteiger partial charge in [-0.2, -0.15) is 5.10 Å². The van der Waals surface area contributed by atoms with Gasteiger partial charge in [0.15, 0.2) is 0 Å². The number of anilines is 2. The minimum atomic E-state index is -0.399. The molecule has 2 aromatic heterocycles. The number of pyridine rings is 1. The molecule has 2 aromatic rings. The van der Waals surface area contributed by atoms with Gasteiger partial charge < -0.3 is 10.6 Å². The highest BCUT2D eigenvalue weighted by molar-refractivity contribution is 6.30. The zero-order chi connectivity index (χ0) is 19.4. The number of halogens is 1. The highest BCUT2D eigenvalue weighted by Gasteiger charge is 2.27. The second kappa shape index (κ2) is 8.35. The molecule has 3 rings (SSSR count). The molecule has 0 bridgehead atoms. The Hall–Kier alpha value is -2.67. The lowest BCUT2D eigenvalue weighted by molar-refractivity contribution is -0.120. The van der Waals surface area contributed by atoms with E-state index in [0.29, 0.717) is 22.6 Å². The summed E-state index contributed by atoms with van der Waals surface area (Å²) in [6, 6.07) is 3.24. The molecule has 2 N–H and O–H groups in total. The van der Waals surface area contributed by atoms with Crippen molar-refractivity contribution >= 4 is 35.1 Å². The third-order valence-electron chi connectivity index (χ3n) is 4.87. The first-order valence-corrected chi connectivity index (χ1v) is 9.24. The molecule has 1 fully saturated rings. The Morgan fingerprint density at radius 2 is 1.96 bits per heavy atom. The van der Waals surface area contributed by atoms with Gasteiger partial charge in [-0.15, -0.1) is 6.58 Å². The van der Waals surface area contributed by atoms with E-state index in [0.717, 1.165) is 25.7 Å². The van der Waals surface area contributed by atoms with E-state index in [1.165, 1.54) is 17.1 Å². The first-order chi connectivity index (χ1) is 13.0. The van der Waals surface area contributed by atoms with Crippen LogP contribution >= 0.6 is 11.6 Å². The van der Waals surface area contributed by atoms with E-state index in [2.05, 4.69) is 27.3 Å². The summed E-state index contributed by atoms with van der Waals surface area (Å²) in [5, 5.41) is 10.1. The predicted molar refractivity (Wildman–Crippen MR) is 105 cm³/mol. The molecule has 0 aliphatic heterocycles. The SMILES string of the molecule is C=CC1CCC(C(=O)Nc2c(C(=O)Nc3ccc(Cl)cn3)cnn2C)CC1. The summed E-state index contributed by atoms with van der Waals surface area (Å²) in [6.07, 6.45) is 8.39. The van der Waals surface area contributed by atoms with Crippen molar-refractivity contribution in [1.82, 2.24) is 14.8 Å². The third-order valence-corrected chi connectivity index (χ3v) is 5.09. The van der Waals surface area contributed by atoms with Crippen molar-refractivity contribution in [2.24, 2.45) is 18.9 Å². The maximum absolute atomic E-state index is 12.6. The van der Waals surface area contributed by atoms with Gasteiger partial charge in [-0.1, -0.05) is 17.7 Å². The van der Waals surface area contributed by atoms with Gasteiger partial charge in [0.05, 0.1) is 11.2 Å². The summed E-state index contributed by atoms with van der Waals surface area (Å²) in [5.74, 6) is 0.679. The Kier molecular flexibility index (Phi) is 5.91. The number of carbonyl (C=O) groups excluding carboxylic acids is 2. The number of nitrogens with zero attached hydrogens (tertiary/aromatic N) is 3. The molecule has 0 radical (unpaired) electrons. The van der Waals surface area contributed by atoms with Crippen molar-refractivity contribution in [3.8, 4) is 0 Å². The third kappa shape index (κ3) is 4.54. The van der Waals surface area contributed by atoms with Gasteiger partial charge in [-0.25, -0.2) is 4.98 Å². The van der Waals surface area contributed by atoms with Crippen molar-refractivity contribution in [2.75, 3.05) is 10.6 Å². The molecular formula is C19H22ClN5O2.